The topological polar surface area (TPSA) is 0 Å². The molecule has 0 unspecified atom stereocenters. The van der Waals surface area contributed by atoms with E-state index in [0.717, 1.165) is 7.87 Å². The minimum absolute atomic E-state index is 0. The zero-order valence-electron chi connectivity index (χ0n) is 7.38. The second-order valence-corrected chi connectivity index (χ2v) is 8.90. The first-order valence-electron chi connectivity index (χ1n) is 2.89. The molecule has 0 aliphatic carbocycles. The zero-order valence-corrected chi connectivity index (χ0v) is 15.5. The molecular weight excluding hydrogens is 406 g/mol. The van der Waals surface area contributed by atoms with Crippen molar-refractivity contribution in [2.75, 3.05) is 0 Å². The van der Waals surface area contributed by atoms with Crippen LogP contribution in [0.3, 0.4) is 0 Å². The summed E-state index contributed by atoms with van der Waals surface area (Å²) in [5, 5.41) is 0. The Labute approximate surface area is 120 Å². The Morgan fingerprint density at radius 2 is 0.636 bits per heavy atom. The molecule has 5 heteroatoms. The van der Waals surface area contributed by atoms with Crippen molar-refractivity contribution in [3.05, 3.63) is 0 Å². The zero-order chi connectivity index (χ0) is 7.15. The summed E-state index contributed by atoms with van der Waals surface area (Å²) in [6.45, 7) is 8.83. The molecule has 0 aromatic rings. The minimum atomic E-state index is 0. The Hall–Kier alpha value is 2.65. The van der Waals surface area contributed by atoms with Gasteiger partial charge in [-0.1, -0.05) is 0 Å². The van der Waals surface area contributed by atoms with E-state index in [1.165, 1.54) is 0 Å². The summed E-state index contributed by atoms with van der Waals surface area (Å²) in [4.78, 5) is 0. The van der Waals surface area contributed by atoms with Crippen LogP contribution in [0.1, 0.15) is 27.7 Å². The van der Waals surface area contributed by atoms with Crippen LogP contribution in [0.15, 0.2) is 0 Å². The van der Waals surface area contributed by atoms with Crippen molar-refractivity contribution in [1.82, 2.24) is 0 Å². The van der Waals surface area contributed by atoms with Gasteiger partial charge in [-0.05, 0) is 0 Å². The van der Waals surface area contributed by atoms with E-state index >= 15 is 0 Å². The predicted octanol–water partition coefficient (Wildman–Crippen LogP) is 1.96. The molecular formula is C6H14S3Sn2. The molecule has 0 radical (unpaired) electrons. The molecule has 0 fully saturated rings. The summed E-state index contributed by atoms with van der Waals surface area (Å²) in [5.41, 5.74) is 0. The van der Waals surface area contributed by atoms with Crippen LogP contribution in [0.4, 0.5) is 0 Å². The van der Waals surface area contributed by atoms with Gasteiger partial charge in [0.05, 0.1) is 0 Å². The summed E-state index contributed by atoms with van der Waals surface area (Å²) >= 11 is 3.27. The molecule has 0 aromatic carbocycles. The van der Waals surface area contributed by atoms with Gasteiger partial charge >= 0.3 is 80.6 Å². The molecule has 0 nitrogen and oxygen atoms in total. The smallest absolute Gasteiger partial charge is 2.00 e. The summed E-state index contributed by atoms with van der Waals surface area (Å²) < 4.78 is 1.85. The van der Waals surface area contributed by atoms with Crippen molar-refractivity contribution < 1.29 is 0 Å². The van der Waals surface area contributed by atoms with Crippen molar-refractivity contribution >= 4 is 85.5 Å². The number of hydrogen-bond acceptors (Lipinski definition) is 0. The average Bonchev–Trinajstić information content (AvgIpc) is 1.25. The molecule has 64 valence electrons. The van der Waals surface area contributed by atoms with Crippen LogP contribution in [0.2, 0.25) is 7.87 Å². The average molecular weight is 420 g/mol. The molecule has 0 amide bonds. The predicted molar refractivity (Wildman–Crippen MR) is 63.8 cm³/mol. The van der Waals surface area contributed by atoms with Gasteiger partial charge in [-0.2, -0.15) is 0 Å². The van der Waals surface area contributed by atoms with Crippen LogP contribution in [0.5, 0.6) is 0 Å². The van der Waals surface area contributed by atoms with Gasteiger partial charge < -0.3 is 40.5 Å². The van der Waals surface area contributed by atoms with Gasteiger partial charge in [-0.15, -0.1) is 0 Å². The van der Waals surface area contributed by atoms with Gasteiger partial charge in [0, 0.05) is 0 Å². The van der Waals surface area contributed by atoms with Gasteiger partial charge in [0.1, 0.15) is 0 Å². The molecule has 0 heterocycles. The second kappa shape index (κ2) is 22.9. The molecule has 0 saturated heterocycles. The summed E-state index contributed by atoms with van der Waals surface area (Å²) in [7, 11) is 0. The first-order chi connectivity index (χ1) is 3.46. The molecule has 0 aromatic heterocycles. The van der Waals surface area contributed by atoms with E-state index in [-0.39, 0.29) is 40.5 Å². The van der Waals surface area contributed by atoms with E-state index < -0.39 is 0 Å². The third kappa shape index (κ3) is 205. The fourth-order valence-corrected chi connectivity index (χ4v) is 0. The van der Waals surface area contributed by atoms with E-state index in [2.05, 4.69) is 27.7 Å². The molecule has 0 bridgehead atoms. The van der Waals surface area contributed by atoms with E-state index in [4.69, 9.17) is 0 Å². The Morgan fingerprint density at radius 1 is 0.636 bits per heavy atom. The molecule has 11 heavy (non-hydrogen) atoms. The van der Waals surface area contributed by atoms with Gasteiger partial charge in [0.2, 0.25) is 0 Å². The Balaban J connectivity index is -0.0000000171. The van der Waals surface area contributed by atoms with Crippen molar-refractivity contribution in [2.45, 2.75) is 35.6 Å². The minimum Gasteiger partial charge on any atom is -2.00 e. The SMILES string of the molecule is C[CH](C)[Sn+3].C[CH](C)[Sn+3].[S-2].[S-2].[S-2]. The first kappa shape index (κ1) is 29.2. The van der Waals surface area contributed by atoms with Gasteiger partial charge in [0.25, 0.3) is 0 Å². The maximum absolute atomic E-state index is 2.21. The van der Waals surface area contributed by atoms with Crippen molar-refractivity contribution in [2.24, 2.45) is 0 Å². The normalized spacial score (nSPS) is 6.73. The van der Waals surface area contributed by atoms with Crippen LogP contribution in [-0.2, 0) is 40.5 Å². The number of rotatable bonds is 0. The van der Waals surface area contributed by atoms with Crippen molar-refractivity contribution in [3.8, 4) is 0 Å². The van der Waals surface area contributed by atoms with E-state index in [1.54, 1.807) is 45.0 Å². The Kier molecular flexibility index (Phi) is 60.9. The molecule has 0 saturated carbocycles. The fraction of sp³-hybridized carbons (Fsp3) is 1.00. The molecule has 0 N–H and O–H groups in total. The monoisotopic (exact) mass is 422 g/mol. The van der Waals surface area contributed by atoms with Crippen molar-refractivity contribution in [3.63, 3.8) is 0 Å². The maximum atomic E-state index is 2.21. The van der Waals surface area contributed by atoms with E-state index in [9.17, 15) is 0 Å². The van der Waals surface area contributed by atoms with Gasteiger partial charge in [-0.25, -0.2) is 0 Å². The summed E-state index contributed by atoms with van der Waals surface area (Å²) in [6.07, 6.45) is 0. The van der Waals surface area contributed by atoms with Crippen LogP contribution in [0, 0.1) is 0 Å². The van der Waals surface area contributed by atoms with Gasteiger partial charge in [0.15, 0.2) is 0 Å². The maximum Gasteiger partial charge on any atom is -2.00 e. The standard InChI is InChI=1S/2C3H7.3S.2Sn/c2*1-3-2;;;;;/h2*3H,1-2H3;;;;;/q;;3*-2;2*+3. The third-order valence-corrected chi connectivity index (χ3v) is 0. The largest absolute Gasteiger partial charge is 2.00 e. The first-order valence-corrected chi connectivity index (χ1v) is 6.18. The van der Waals surface area contributed by atoms with Crippen LogP contribution >= 0.6 is 0 Å². The van der Waals surface area contributed by atoms with E-state index in [0.29, 0.717) is 0 Å². The molecule has 0 atom stereocenters. The molecule has 0 spiro atoms. The summed E-state index contributed by atoms with van der Waals surface area (Å²) in [5.74, 6) is 0. The summed E-state index contributed by atoms with van der Waals surface area (Å²) in [6, 6.07) is 0. The third-order valence-electron chi connectivity index (χ3n) is 0. The fourth-order valence-electron chi connectivity index (χ4n) is 0. The van der Waals surface area contributed by atoms with E-state index in [1.807, 2.05) is 0 Å². The van der Waals surface area contributed by atoms with Crippen molar-refractivity contribution in [1.29, 1.82) is 0 Å². The number of hydrogen-bond donors (Lipinski definition) is 0. The Morgan fingerprint density at radius 3 is 0.636 bits per heavy atom. The molecule has 0 aliphatic rings. The quantitative estimate of drug-likeness (QED) is 0.527. The van der Waals surface area contributed by atoms with Gasteiger partial charge in [-0.3, -0.25) is 0 Å². The van der Waals surface area contributed by atoms with Crippen LogP contribution in [-0.4, -0.2) is 45.0 Å². The Bertz CT molecular complexity index is 31.3. The second-order valence-electron chi connectivity index (χ2n) is 2.31. The molecule has 0 rings (SSSR count). The molecule has 0 aliphatic heterocycles. The van der Waals surface area contributed by atoms with Crippen LogP contribution < -0.4 is 0 Å². The van der Waals surface area contributed by atoms with Crippen LogP contribution in [0.25, 0.3) is 0 Å².